The maximum atomic E-state index is 5.86. The zero-order valence-electron chi connectivity index (χ0n) is 7.74. The Hall–Kier alpha value is -0.540. The van der Waals surface area contributed by atoms with E-state index in [1.807, 2.05) is 12.3 Å². The van der Waals surface area contributed by atoms with Gasteiger partial charge < -0.3 is 0 Å². The van der Waals surface area contributed by atoms with Crippen LogP contribution in [0.25, 0.3) is 0 Å². The molecule has 2 rings (SSSR count). The number of nitrogens with zero attached hydrogens (tertiary/aromatic N) is 2. The molecule has 0 radical (unpaired) electrons. The smallest absolute Gasteiger partial charge is 0.151 e. The Morgan fingerprint density at radius 1 is 1.64 bits per heavy atom. The summed E-state index contributed by atoms with van der Waals surface area (Å²) in [4.78, 5) is 0. The first-order valence-electron chi connectivity index (χ1n) is 4.46. The van der Waals surface area contributed by atoms with Gasteiger partial charge in [-0.2, -0.15) is 5.10 Å². The summed E-state index contributed by atoms with van der Waals surface area (Å²) in [5, 5.41) is 6.50. The maximum absolute atomic E-state index is 5.86. The second-order valence-corrected chi connectivity index (χ2v) is 4.65. The first-order valence-corrected chi connectivity index (χ1v) is 5.63. The molecule has 2 aliphatic rings. The molecule has 0 saturated carbocycles. The predicted molar refractivity (Wildman–Crippen MR) is 63.1 cm³/mol. The molecular formula is C10H10BrClN2. The lowest BCUT2D eigenvalue weighted by atomic mass is 10.1. The Kier molecular flexibility index (Phi) is 2.79. The van der Waals surface area contributed by atoms with Crippen molar-refractivity contribution in [1.82, 2.24) is 5.01 Å². The van der Waals surface area contributed by atoms with Gasteiger partial charge in [-0.05, 0) is 34.3 Å². The molecule has 0 aliphatic carbocycles. The van der Waals surface area contributed by atoms with Gasteiger partial charge in [0.25, 0.3) is 0 Å². The van der Waals surface area contributed by atoms with Crippen LogP contribution >= 0.6 is 27.5 Å². The van der Waals surface area contributed by atoms with Crippen molar-refractivity contribution in [3.05, 3.63) is 34.6 Å². The number of hydrogen-bond acceptors (Lipinski definition) is 2. The van der Waals surface area contributed by atoms with E-state index in [2.05, 4.69) is 40.1 Å². The van der Waals surface area contributed by atoms with Crippen LogP contribution in [0.1, 0.15) is 13.3 Å². The maximum Gasteiger partial charge on any atom is 0.151 e. The number of hydrogen-bond donors (Lipinski definition) is 0. The topological polar surface area (TPSA) is 15.6 Å². The lowest BCUT2D eigenvalue weighted by Gasteiger charge is -2.20. The van der Waals surface area contributed by atoms with Gasteiger partial charge >= 0.3 is 0 Å². The molecule has 0 aromatic rings. The summed E-state index contributed by atoms with van der Waals surface area (Å²) in [7, 11) is 0. The largest absolute Gasteiger partial charge is 0.239 e. The third-order valence-corrected chi connectivity index (χ3v) is 3.00. The van der Waals surface area contributed by atoms with Gasteiger partial charge in [0, 0.05) is 10.7 Å². The number of allylic oxidation sites excluding steroid dienone is 4. The summed E-state index contributed by atoms with van der Waals surface area (Å²) in [6.45, 7) is 2.18. The summed E-state index contributed by atoms with van der Waals surface area (Å²) in [5.41, 5.74) is 1.06. The normalized spacial score (nSPS) is 26.1. The van der Waals surface area contributed by atoms with E-state index in [1.54, 1.807) is 5.01 Å². The second-order valence-electron chi connectivity index (χ2n) is 3.40. The molecule has 0 fully saturated rings. The Morgan fingerprint density at radius 2 is 2.43 bits per heavy atom. The van der Waals surface area contributed by atoms with Crippen molar-refractivity contribution < 1.29 is 0 Å². The Balaban J connectivity index is 2.39. The van der Waals surface area contributed by atoms with Crippen molar-refractivity contribution in [3.63, 3.8) is 0 Å². The van der Waals surface area contributed by atoms with Crippen LogP contribution in [0.3, 0.4) is 0 Å². The summed E-state index contributed by atoms with van der Waals surface area (Å²) < 4.78 is 0.983. The molecule has 2 aliphatic heterocycles. The molecule has 14 heavy (non-hydrogen) atoms. The third kappa shape index (κ3) is 1.93. The first-order chi connectivity index (χ1) is 6.66. The number of hydrazone groups is 1. The minimum atomic E-state index is 0.494. The molecule has 2 nitrogen and oxygen atoms in total. The van der Waals surface area contributed by atoms with E-state index < -0.39 is 0 Å². The molecule has 0 aromatic carbocycles. The Bertz CT molecular complexity index is 368. The van der Waals surface area contributed by atoms with E-state index in [4.69, 9.17) is 11.6 Å². The molecule has 0 aromatic heterocycles. The van der Waals surface area contributed by atoms with E-state index >= 15 is 0 Å². The molecule has 1 atom stereocenters. The van der Waals surface area contributed by atoms with Gasteiger partial charge in [-0.15, -0.1) is 0 Å². The predicted octanol–water partition coefficient (Wildman–Crippen LogP) is 3.57. The molecule has 0 bridgehead atoms. The van der Waals surface area contributed by atoms with Crippen molar-refractivity contribution >= 4 is 32.7 Å². The number of halogens is 2. The molecular weight excluding hydrogens is 263 g/mol. The lowest BCUT2D eigenvalue weighted by Crippen LogP contribution is -2.14. The van der Waals surface area contributed by atoms with Crippen LogP contribution < -0.4 is 0 Å². The molecule has 0 amide bonds. The van der Waals surface area contributed by atoms with Gasteiger partial charge in [-0.3, -0.25) is 0 Å². The average molecular weight is 274 g/mol. The standard InChI is InChI=1S/C10H10BrClN2/c1-7-2-3-9-8(11)6-10(12)13-14(9)5-4-7/h3-7H,2H2,1H3. The van der Waals surface area contributed by atoms with Gasteiger partial charge in [0.1, 0.15) is 0 Å². The molecule has 2 heterocycles. The summed E-state index contributed by atoms with van der Waals surface area (Å²) >= 11 is 9.34. The number of fused-ring (bicyclic) bond motifs is 1. The Morgan fingerprint density at radius 3 is 3.21 bits per heavy atom. The van der Waals surface area contributed by atoms with E-state index in [0.717, 1.165) is 16.6 Å². The van der Waals surface area contributed by atoms with E-state index in [1.165, 1.54) is 0 Å². The Labute approximate surface area is 96.7 Å². The highest BCUT2D eigenvalue weighted by molar-refractivity contribution is 9.12. The van der Waals surface area contributed by atoms with E-state index in [9.17, 15) is 0 Å². The van der Waals surface area contributed by atoms with Crippen LogP contribution in [-0.4, -0.2) is 10.2 Å². The van der Waals surface area contributed by atoms with Crippen molar-refractivity contribution in [3.8, 4) is 0 Å². The summed E-state index contributed by atoms with van der Waals surface area (Å²) in [6.07, 6.45) is 9.09. The van der Waals surface area contributed by atoms with Gasteiger partial charge in [-0.25, -0.2) is 5.01 Å². The van der Waals surface area contributed by atoms with E-state index in [-0.39, 0.29) is 0 Å². The van der Waals surface area contributed by atoms with Crippen LogP contribution in [0.15, 0.2) is 39.7 Å². The van der Waals surface area contributed by atoms with Crippen LogP contribution in [0, 0.1) is 5.92 Å². The second kappa shape index (κ2) is 3.91. The zero-order chi connectivity index (χ0) is 10.1. The molecule has 0 spiro atoms. The fourth-order valence-corrected chi connectivity index (χ4v) is 2.27. The van der Waals surface area contributed by atoms with Gasteiger partial charge in [-0.1, -0.05) is 30.7 Å². The fourth-order valence-electron chi connectivity index (χ4n) is 1.38. The molecule has 0 N–H and O–H groups in total. The van der Waals surface area contributed by atoms with Crippen molar-refractivity contribution in [2.24, 2.45) is 11.0 Å². The minimum Gasteiger partial charge on any atom is -0.239 e. The highest BCUT2D eigenvalue weighted by Gasteiger charge is 2.17. The van der Waals surface area contributed by atoms with Crippen LogP contribution in [0.5, 0.6) is 0 Å². The number of rotatable bonds is 0. The van der Waals surface area contributed by atoms with Gasteiger partial charge in [0.15, 0.2) is 5.17 Å². The molecule has 4 heteroatoms. The molecule has 74 valence electrons. The van der Waals surface area contributed by atoms with Gasteiger partial charge in [0.2, 0.25) is 0 Å². The molecule has 0 saturated heterocycles. The highest BCUT2D eigenvalue weighted by Crippen LogP contribution is 2.30. The van der Waals surface area contributed by atoms with Crippen molar-refractivity contribution in [2.45, 2.75) is 13.3 Å². The van der Waals surface area contributed by atoms with Crippen LogP contribution in [-0.2, 0) is 0 Å². The van der Waals surface area contributed by atoms with Crippen LogP contribution in [0.2, 0.25) is 0 Å². The zero-order valence-corrected chi connectivity index (χ0v) is 10.1. The third-order valence-electron chi connectivity index (χ3n) is 2.18. The van der Waals surface area contributed by atoms with Gasteiger partial charge in [0.05, 0.1) is 5.70 Å². The van der Waals surface area contributed by atoms with Crippen molar-refractivity contribution in [2.75, 3.05) is 0 Å². The molecule has 1 unspecified atom stereocenters. The van der Waals surface area contributed by atoms with Crippen LogP contribution in [0.4, 0.5) is 0 Å². The summed E-state index contributed by atoms with van der Waals surface area (Å²) in [6, 6.07) is 0. The minimum absolute atomic E-state index is 0.494. The first kappa shape index (κ1) is 9.99. The summed E-state index contributed by atoms with van der Waals surface area (Å²) in [5.74, 6) is 0.544. The lowest BCUT2D eigenvalue weighted by molar-refractivity contribution is 0.510. The SMILES string of the molecule is CC1C=CN2N=C(Cl)C=C(Br)C2=CC1. The van der Waals surface area contributed by atoms with E-state index in [0.29, 0.717) is 11.1 Å². The highest BCUT2D eigenvalue weighted by atomic mass is 79.9. The van der Waals surface area contributed by atoms with Crippen molar-refractivity contribution in [1.29, 1.82) is 0 Å². The quantitative estimate of drug-likeness (QED) is 0.659. The average Bonchev–Trinajstić information content (AvgIpc) is 2.28. The monoisotopic (exact) mass is 272 g/mol. The fraction of sp³-hybridized carbons (Fsp3) is 0.300.